The number of hydrogen-bond donors (Lipinski definition) is 4. The van der Waals surface area contributed by atoms with Crippen molar-refractivity contribution in [3.8, 4) is 0 Å². The van der Waals surface area contributed by atoms with Gasteiger partial charge >= 0.3 is 12.2 Å². The van der Waals surface area contributed by atoms with Gasteiger partial charge in [-0.2, -0.15) is 0 Å². The monoisotopic (exact) mass is 738 g/mol. The van der Waals surface area contributed by atoms with Gasteiger partial charge in [0.1, 0.15) is 30.2 Å². The maximum Gasteiger partial charge on any atom is 0.509 e. The molecule has 3 amide bonds. The summed E-state index contributed by atoms with van der Waals surface area (Å²) in [5, 5.41) is 22.2. The third-order valence-electron chi connectivity index (χ3n) is 12.2. The molecule has 294 valence electrons. The average molecular weight is 739 g/mol. The SMILES string of the molecule is C=CC(=O)N1CCN(C2NC(=O)N3C4NC(C(F)CC42)C2C(F)CCCC2OCC(O)C(OC(=O)OC(C)(C)C)C2CCNC(C(C)C)C23)[C@@H](C)C1. The van der Waals surface area contributed by atoms with Gasteiger partial charge in [0, 0.05) is 55.5 Å². The average Bonchev–Trinajstić information content (AvgIpc) is 3.07. The molecule has 0 radical (unpaired) electrons. The summed E-state index contributed by atoms with van der Waals surface area (Å²) in [4.78, 5) is 46.2. The summed E-state index contributed by atoms with van der Waals surface area (Å²) in [5.41, 5.74) is -0.857. The van der Waals surface area contributed by atoms with Gasteiger partial charge < -0.3 is 39.8 Å². The maximum atomic E-state index is 16.8. The summed E-state index contributed by atoms with van der Waals surface area (Å²) < 4.78 is 50.8. The Morgan fingerprint density at radius 1 is 1.10 bits per heavy atom. The van der Waals surface area contributed by atoms with E-state index < -0.39 is 84.6 Å². The Hall–Kier alpha value is -2.59. The summed E-state index contributed by atoms with van der Waals surface area (Å²) >= 11 is 0. The Morgan fingerprint density at radius 2 is 1.85 bits per heavy atom. The predicted molar refractivity (Wildman–Crippen MR) is 188 cm³/mol. The van der Waals surface area contributed by atoms with E-state index in [1.165, 1.54) is 6.08 Å². The van der Waals surface area contributed by atoms with E-state index >= 15 is 8.78 Å². The molecule has 52 heavy (non-hydrogen) atoms. The molecule has 0 spiro atoms. The second-order valence-corrected chi connectivity index (χ2v) is 17.1. The van der Waals surface area contributed by atoms with Gasteiger partial charge in [-0.1, -0.05) is 20.4 Å². The molecule has 2 bridgehead atoms. The van der Waals surface area contributed by atoms with Crippen LogP contribution < -0.4 is 16.0 Å². The molecule has 6 rings (SSSR count). The van der Waals surface area contributed by atoms with Crippen LogP contribution in [0.4, 0.5) is 18.4 Å². The number of fused-ring (bicyclic) bond motifs is 5. The molecule has 6 fully saturated rings. The van der Waals surface area contributed by atoms with Crippen LogP contribution in [0.15, 0.2) is 12.7 Å². The lowest BCUT2D eigenvalue weighted by atomic mass is 9.71. The van der Waals surface area contributed by atoms with Gasteiger partial charge in [0.25, 0.3) is 0 Å². The molecular weight excluding hydrogens is 678 g/mol. The third kappa shape index (κ3) is 7.80. The van der Waals surface area contributed by atoms with Gasteiger partial charge in [0.05, 0.1) is 31.1 Å². The molecule has 13 nitrogen and oxygen atoms in total. The summed E-state index contributed by atoms with van der Waals surface area (Å²) in [5.74, 6) is -2.06. The number of amides is 3. The van der Waals surface area contributed by atoms with Crippen molar-refractivity contribution in [1.82, 2.24) is 30.7 Å². The van der Waals surface area contributed by atoms with Crippen LogP contribution in [0, 0.1) is 23.7 Å². The number of halogens is 2. The van der Waals surface area contributed by atoms with Crippen molar-refractivity contribution in [2.24, 2.45) is 23.7 Å². The van der Waals surface area contributed by atoms with E-state index in [1.807, 2.05) is 20.8 Å². The first-order chi connectivity index (χ1) is 24.6. The number of alkyl halides is 2. The number of piperazine rings is 1. The Labute approximate surface area is 306 Å². The highest BCUT2D eigenvalue weighted by Gasteiger charge is 2.59. The zero-order valence-electron chi connectivity index (χ0n) is 31.5. The summed E-state index contributed by atoms with van der Waals surface area (Å²) in [6.45, 7) is 16.5. The minimum Gasteiger partial charge on any atom is -0.429 e. The van der Waals surface area contributed by atoms with Crippen LogP contribution in [0.25, 0.3) is 0 Å². The molecule has 1 aliphatic carbocycles. The van der Waals surface area contributed by atoms with Crippen molar-refractivity contribution in [3.05, 3.63) is 12.7 Å². The molecule has 0 aromatic heterocycles. The lowest BCUT2D eigenvalue weighted by Gasteiger charge is -2.60. The first-order valence-corrected chi connectivity index (χ1v) is 19.3. The van der Waals surface area contributed by atoms with Gasteiger partial charge in [-0.05, 0) is 78.3 Å². The Morgan fingerprint density at radius 3 is 2.52 bits per heavy atom. The molecule has 14 atom stereocenters. The van der Waals surface area contributed by atoms with Gasteiger partial charge in [0.2, 0.25) is 5.91 Å². The zero-order valence-corrected chi connectivity index (χ0v) is 31.5. The van der Waals surface area contributed by atoms with Crippen LogP contribution in [-0.2, 0) is 19.0 Å². The molecule has 5 heterocycles. The summed E-state index contributed by atoms with van der Waals surface area (Å²) in [7, 11) is 0. The minimum absolute atomic E-state index is 0.00186. The Bertz CT molecular complexity index is 1320. The molecular formula is C37H60F2N6O7. The van der Waals surface area contributed by atoms with Gasteiger partial charge in [0.15, 0.2) is 0 Å². The lowest BCUT2D eigenvalue weighted by Crippen LogP contribution is -2.80. The highest BCUT2D eigenvalue weighted by Crippen LogP contribution is 2.44. The Balaban J connectivity index is 1.43. The molecule has 4 N–H and O–H groups in total. The predicted octanol–water partition coefficient (Wildman–Crippen LogP) is 2.92. The zero-order chi connectivity index (χ0) is 37.6. The first-order valence-electron chi connectivity index (χ1n) is 19.3. The number of ether oxygens (including phenoxy) is 3. The van der Waals surface area contributed by atoms with Crippen LogP contribution >= 0.6 is 0 Å². The highest BCUT2D eigenvalue weighted by molar-refractivity contribution is 5.87. The van der Waals surface area contributed by atoms with Gasteiger partial charge in [-0.25, -0.2) is 18.4 Å². The summed E-state index contributed by atoms with van der Waals surface area (Å²) in [6.07, 6.45) is -5.08. The van der Waals surface area contributed by atoms with Crippen LogP contribution in [-0.4, -0.2) is 143 Å². The summed E-state index contributed by atoms with van der Waals surface area (Å²) in [6, 6.07) is -2.40. The van der Waals surface area contributed by atoms with Crippen LogP contribution in [0.3, 0.4) is 0 Å². The topological polar surface area (TPSA) is 145 Å². The molecule has 6 aliphatic rings. The van der Waals surface area contributed by atoms with Crippen molar-refractivity contribution < 1.29 is 42.5 Å². The van der Waals surface area contributed by atoms with E-state index in [4.69, 9.17) is 14.2 Å². The number of urea groups is 1. The van der Waals surface area contributed by atoms with Crippen LogP contribution in [0.5, 0.6) is 0 Å². The van der Waals surface area contributed by atoms with Gasteiger partial charge in [-0.15, -0.1) is 0 Å². The van der Waals surface area contributed by atoms with Crippen molar-refractivity contribution in [1.29, 1.82) is 0 Å². The number of carbonyl (C=O) groups is 3. The molecule has 13 unspecified atom stereocenters. The molecule has 0 aromatic carbocycles. The van der Waals surface area contributed by atoms with Crippen molar-refractivity contribution in [2.75, 3.05) is 32.8 Å². The van der Waals surface area contributed by atoms with Crippen LogP contribution in [0.2, 0.25) is 0 Å². The number of aliphatic hydroxyl groups excluding tert-OH is 1. The Kier molecular flexibility index (Phi) is 11.8. The number of piperidine rings is 2. The first kappa shape index (κ1) is 39.1. The van der Waals surface area contributed by atoms with E-state index in [9.17, 15) is 19.5 Å². The van der Waals surface area contributed by atoms with E-state index in [0.717, 1.165) is 0 Å². The van der Waals surface area contributed by atoms with Crippen LogP contribution in [0.1, 0.15) is 73.6 Å². The quantitative estimate of drug-likeness (QED) is 0.251. The number of carbonyl (C=O) groups excluding carboxylic acids is 3. The van der Waals surface area contributed by atoms with Crippen molar-refractivity contribution in [2.45, 2.75) is 146 Å². The fourth-order valence-electron chi connectivity index (χ4n) is 9.98. The fraction of sp³-hybridized carbons (Fsp3) is 0.865. The minimum atomic E-state index is -1.44. The highest BCUT2D eigenvalue weighted by atomic mass is 19.1. The number of rotatable bonds is 4. The lowest BCUT2D eigenvalue weighted by molar-refractivity contribution is -0.162. The number of hydrogen-bond acceptors (Lipinski definition) is 10. The van der Waals surface area contributed by atoms with Crippen molar-refractivity contribution >= 4 is 18.1 Å². The van der Waals surface area contributed by atoms with E-state index in [0.29, 0.717) is 45.4 Å². The second-order valence-electron chi connectivity index (χ2n) is 17.1. The molecule has 5 saturated heterocycles. The smallest absolute Gasteiger partial charge is 0.429 e. The third-order valence-corrected chi connectivity index (χ3v) is 12.2. The number of nitrogens with one attached hydrogen (secondary N) is 3. The number of aliphatic hydroxyl groups is 1. The fourth-order valence-corrected chi connectivity index (χ4v) is 9.98. The normalized spacial score (nSPS) is 41.8. The van der Waals surface area contributed by atoms with E-state index in [-0.39, 0.29) is 49.4 Å². The second kappa shape index (κ2) is 15.6. The molecule has 0 aromatic rings. The van der Waals surface area contributed by atoms with Gasteiger partial charge in [-0.3, -0.25) is 15.0 Å². The van der Waals surface area contributed by atoms with E-state index in [1.54, 1.807) is 30.6 Å². The maximum absolute atomic E-state index is 16.8. The van der Waals surface area contributed by atoms with E-state index in [2.05, 4.69) is 27.4 Å². The molecule has 5 aliphatic heterocycles. The molecule has 1 saturated carbocycles. The molecule has 15 heteroatoms. The number of nitrogens with zero attached hydrogens (tertiary/aromatic N) is 3. The standard InChI is InChI=1S/C37H60F2N6O7/c1-8-27(47)43-14-15-44(20(4)17-43)33-22-16-24(39)30-28-23(38)10-9-11-26(28)50-18-25(46)32(51-36(49)52-37(5,6)7)21-12-13-40-29(19(2)3)31(21)45(34(22)41-30)35(48)42-33/h8,19-26,28-34,40-41,46H,1,9-18H2,2-7H3,(H,42,48)/t20-,21?,22?,23?,24?,25?,26?,28?,29?,30?,31?,32?,33?,34?/m0/s1. The van der Waals surface area contributed by atoms with Crippen molar-refractivity contribution in [3.63, 3.8) is 0 Å². The largest absolute Gasteiger partial charge is 0.509 e.